The van der Waals surface area contributed by atoms with Crippen LogP contribution in [0.1, 0.15) is 67.2 Å². The number of hydrogen-bond acceptors (Lipinski definition) is 2. The van der Waals surface area contributed by atoms with Crippen LogP contribution in [0.25, 0.3) is 0 Å². The fourth-order valence-corrected chi connectivity index (χ4v) is 3.32. The van der Waals surface area contributed by atoms with E-state index in [1.165, 1.54) is 6.07 Å². The summed E-state index contributed by atoms with van der Waals surface area (Å²) < 4.78 is 1.70. The summed E-state index contributed by atoms with van der Waals surface area (Å²) in [4.78, 5) is 23.6. The fraction of sp³-hybridized carbons (Fsp3) is 0.625. The van der Waals surface area contributed by atoms with Gasteiger partial charge in [-0.1, -0.05) is 13.8 Å². The largest absolute Gasteiger partial charge is 0.478 e. The van der Waals surface area contributed by atoms with Gasteiger partial charge in [-0.3, -0.25) is 4.79 Å². The van der Waals surface area contributed by atoms with Gasteiger partial charge in [0.1, 0.15) is 0 Å². The van der Waals surface area contributed by atoms with Gasteiger partial charge in [0.15, 0.2) is 0 Å². The SMILES string of the molecule is Cc1cc(=O)n(C2CCC(C)(C)CC2)c(C)c1C(=O)O. The Morgan fingerprint density at radius 3 is 2.35 bits per heavy atom. The molecule has 0 aliphatic heterocycles. The highest BCUT2D eigenvalue weighted by atomic mass is 16.4. The Bertz CT molecular complexity index is 588. The van der Waals surface area contributed by atoms with Crippen molar-refractivity contribution in [1.82, 2.24) is 4.57 Å². The molecule has 0 atom stereocenters. The van der Waals surface area contributed by atoms with Crippen LogP contribution in [-0.2, 0) is 0 Å². The maximum Gasteiger partial charge on any atom is 0.337 e. The quantitative estimate of drug-likeness (QED) is 0.902. The van der Waals surface area contributed by atoms with Gasteiger partial charge in [-0.05, 0) is 50.5 Å². The van der Waals surface area contributed by atoms with Crippen LogP contribution in [0.5, 0.6) is 0 Å². The summed E-state index contributed by atoms with van der Waals surface area (Å²) in [5, 5.41) is 9.33. The van der Waals surface area contributed by atoms with Gasteiger partial charge in [0, 0.05) is 17.8 Å². The summed E-state index contributed by atoms with van der Waals surface area (Å²) in [5.41, 5.74) is 1.66. The van der Waals surface area contributed by atoms with Crippen molar-refractivity contribution in [2.24, 2.45) is 5.41 Å². The van der Waals surface area contributed by atoms with Gasteiger partial charge in [0.05, 0.1) is 5.56 Å². The molecule has 1 heterocycles. The second kappa shape index (κ2) is 5.08. The van der Waals surface area contributed by atoms with E-state index in [1.54, 1.807) is 18.4 Å². The maximum atomic E-state index is 12.3. The van der Waals surface area contributed by atoms with E-state index < -0.39 is 5.97 Å². The Labute approximate surface area is 119 Å². The molecule has 0 amide bonds. The van der Waals surface area contributed by atoms with E-state index in [0.29, 0.717) is 16.7 Å². The zero-order valence-corrected chi connectivity index (χ0v) is 12.7. The Kier molecular flexibility index (Phi) is 3.76. The summed E-state index contributed by atoms with van der Waals surface area (Å²) in [6.07, 6.45) is 4.02. The number of aromatic carboxylic acids is 1. The number of aryl methyl sites for hydroxylation is 1. The first-order chi connectivity index (χ1) is 9.23. The third kappa shape index (κ3) is 2.65. The number of carboxylic acids is 1. The second-order valence-corrected chi connectivity index (χ2v) is 6.70. The highest BCUT2D eigenvalue weighted by Gasteiger charge is 2.29. The van der Waals surface area contributed by atoms with Crippen molar-refractivity contribution in [2.45, 2.75) is 59.4 Å². The molecular formula is C16H23NO3. The van der Waals surface area contributed by atoms with Gasteiger partial charge < -0.3 is 9.67 Å². The monoisotopic (exact) mass is 277 g/mol. The fourth-order valence-electron chi connectivity index (χ4n) is 3.32. The lowest BCUT2D eigenvalue weighted by atomic mass is 9.75. The molecule has 1 N–H and O–H groups in total. The van der Waals surface area contributed by atoms with Gasteiger partial charge in [-0.15, -0.1) is 0 Å². The van der Waals surface area contributed by atoms with Gasteiger partial charge in [-0.2, -0.15) is 0 Å². The predicted octanol–water partition coefficient (Wildman–Crippen LogP) is 3.30. The van der Waals surface area contributed by atoms with E-state index in [1.807, 2.05) is 0 Å². The molecule has 1 aliphatic carbocycles. The average molecular weight is 277 g/mol. The summed E-state index contributed by atoms with van der Waals surface area (Å²) in [6, 6.07) is 1.59. The third-order valence-electron chi connectivity index (χ3n) is 4.58. The Morgan fingerprint density at radius 2 is 1.85 bits per heavy atom. The smallest absolute Gasteiger partial charge is 0.337 e. The molecule has 1 aromatic heterocycles. The standard InChI is InChI=1S/C16H23NO3/c1-10-9-13(18)17(11(2)14(10)15(19)20)12-5-7-16(3,4)8-6-12/h9,12H,5-8H2,1-4H3,(H,19,20). The van der Waals surface area contributed by atoms with E-state index in [0.717, 1.165) is 25.7 Å². The third-order valence-corrected chi connectivity index (χ3v) is 4.58. The highest BCUT2D eigenvalue weighted by molar-refractivity contribution is 5.90. The lowest BCUT2D eigenvalue weighted by molar-refractivity contribution is 0.0693. The summed E-state index contributed by atoms with van der Waals surface area (Å²) in [6.45, 7) is 7.93. The van der Waals surface area contributed by atoms with Gasteiger partial charge in [0.2, 0.25) is 0 Å². The zero-order chi connectivity index (χ0) is 15.1. The Hall–Kier alpha value is -1.58. The van der Waals surface area contributed by atoms with Gasteiger partial charge in [0.25, 0.3) is 5.56 Å². The van der Waals surface area contributed by atoms with Crippen LogP contribution >= 0.6 is 0 Å². The van der Waals surface area contributed by atoms with Crippen molar-refractivity contribution in [2.75, 3.05) is 0 Å². The van der Waals surface area contributed by atoms with Crippen molar-refractivity contribution >= 4 is 5.97 Å². The molecule has 0 radical (unpaired) electrons. The lowest BCUT2D eigenvalue weighted by Gasteiger charge is -2.36. The van der Waals surface area contributed by atoms with Crippen LogP contribution in [0.2, 0.25) is 0 Å². The molecule has 4 heteroatoms. The number of hydrogen-bond donors (Lipinski definition) is 1. The molecule has 20 heavy (non-hydrogen) atoms. The topological polar surface area (TPSA) is 59.3 Å². The van der Waals surface area contributed by atoms with Gasteiger partial charge in [-0.25, -0.2) is 4.79 Å². The minimum absolute atomic E-state index is 0.0743. The minimum atomic E-state index is -0.954. The van der Waals surface area contributed by atoms with Crippen molar-refractivity contribution in [3.05, 3.63) is 33.2 Å². The van der Waals surface area contributed by atoms with E-state index in [9.17, 15) is 14.7 Å². The molecule has 0 spiro atoms. The number of nitrogens with zero attached hydrogens (tertiary/aromatic N) is 1. The molecular weight excluding hydrogens is 254 g/mol. The van der Waals surface area contributed by atoms with Crippen LogP contribution in [0, 0.1) is 19.3 Å². The lowest BCUT2D eigenvalue weighted by Crippen LogP contribution is -2.33. The number of aromatic nitrogens is 1. The zero-order valence-electron chi connectivity index (χ0n) is 12.7. The van der Waals surface area contributed by atoms with Crippen LogP contribution in [0.4, 0.5) is 0 Å². The summed E-state index contributed by atoms with van der Waals surface area (Å²) >= 11 is 0. The number of carboxylic acid groups (broad SMARTS) is 1. The molecule has 2 rings (SSSR count). The molecule has 0 aromatic carbocycles. The van der Waals surface area contributed by atoms with Crippen molar-refractivity contribution in [3.8, 4) is 0 Å². The molecule has 1 fully saturated rings. The first kappa shape index (κ1) is 14.8. The van der Waals surface area contributed by atoms with Crippen LogP contribution in [-0.4, -0.2) is 15.6 Å². The molecule has 1 aliphatic rings. The van der Waals surface area contributed by atoms with Crippen molar-refractivity contribution < 1.29 is 9.90 Å². The Balaban J connectivity index is 2.45. The van der Waals surface area contributed by atoms with Crippen LogP contribution in [0.15, 0.2) is 10.9 Å². The van der Waals surface area contributed by atoms with Crippen molar-refractivity contribution in [1.29, 1.82) is 0 Å². The van der Waals surface area contributed by atoms with E-state index >= 15 is 0 Å². The van der Waals surface area contributed by atoms with Gasteiger partial charge >= 0.3 is 5.97 Å². The number of pyridine rings is 1. The van der Waals surface area contributed by atoms with Crippen LogP contribution < -0.4 is 5.56 Å². The molecule has 1 saturated carbocycles. The number of carbonyl (C=O) groups is 1. The predicted molar refractivity (Wildman–Crippen MR) is 78.4 cm³/mol. The molecule has 0 unspecified atom stereocenters. The molecule has 4 nitrogen and oxygen atoms in total. The second-order valence-electron chi connectivity index (χ2n) is 6.70. The Morgan fingerprint density at radius 1 is 1.30 bits per heavy atom. The van der Waals surface area contributed by atoms with Crippen LogP contribution in [0.3, 0.4) is 0 Å². The molecule has 110 valence electrons. The summed E-state index contributed by atoms with van der Waals surface area (Å²) in [7, 11) is 0. The summed E-state index contributed by atoms with van der Waals surface area (Å²) in [5.74, 6) is -0.954. The first-order valence-electron chi connectivity index (χ1n) is 7.19. The maximum absolute atomic E-state index is 12.3. The average Bonchev–Trinajstić information content (AvgIpc) is 2.29. The normalized spacial score (nSPS) is 19.0. The van der Waals surface area contributed by atoms with Crippen molar-refractivity contribution in [3.63, 3.8) is 0 Å². The van der Waals surface area contributed by atoms with E-state index in [-0.39, 0.29) is 17.2 Å². The number of rotatable bonds is 2. The van der Waals surface area contributed by atoms with E-state index in [2.05, 4.69) is 13.8 Å². The first-order valence-corrected chi connectivity index (χ1v) is 7.19. The van der Waals surface area contributed by atoms with E-state index in [4.69, 9.17) is 0 Å². The molecule has 0 saturated heterocycles. The highest BCUT2D eigenvalue weighted by Crippen LogP contribution is 2.40. The minimum Gasteiger partial charge on any atom is -0.478 e. The molecule has 0 bridgehead atoms. The molecule has 1 aromatic rings.